The Labute approximate surface area is 167 Å². The highest BCUT2D eigenvalue weighted by Crippen LogP contribution is 2.14. The smallest absolute Gasteiger partial charge is 0.242 e. The molecule has 0 saturated carbocycles. The standard InChI is InChI=1S/C21H32N6O/c1-6-22-21(24-14-20(28)23-13-18-10-8-7-9-11-18)25-15(2)12-19-16(3)26-27(5)17(19)4/h7-11,15H,6,12-14H2,1-5H3,(H,23,28)(H2,22,24,25). The van der Waals surface area contributed by atoms with Gasteiger partial charge >= 0.3 is 0 Å². The van der Waals surface area contributed by atoms with Crippen molar-refractivity contribution in [2.24, 2.45) is 12.0 Å². The Balaban J connectivity index is 1.89. The van der Waals surface area contributed by atoms with E-state index in [1.807, 2.05) is 55.9 Å². The molecule has 0 fully saturated rings. The van der Waals surface area contributed by atoms with Crippen molar-refractivity contribution in [3.8, 4) is 0 Å². The lowest BCUT2D eigenvalue weighted by Crippen LogP contribution is -2.43. The average Bonchev–Trinajstić information content (AvgIpc) is 2.91. The van der Waals surface area contributed by atoms with Gasteiger partial charge in [0.15, 0.2) is 5.96 Å². The van der Waals surface area contributed by atoms with Gasteiger partial charge in [-0.1, -0.05) is 30.3 Å². The minimum Gasteiger partial charge on any atom is -0.357 e. The first-order chi connectivity index (χ1) is 13.4. The fraction of sp³-hybridized carbons (Fsp3) is 0.476. The van der Waals surface area contributed by atoms with Crippen LogP contribution in [0.2, 0.25) is 0 Å². The molecule has 0 radical (unpaired) electrons. The van der Waals surface area contributed by atoms with Crippen LogP contribution in [0.4, 0.5) is 0 Å². The number of carbonyl (C=O) groups excluding carboxylic acids is 1. The second-order valence-electron chi connectivity index (χ2n) is 6.98. The van der Waals surface area contributed by atoms with E-state index in [2.05, 4.69) is 39.9 Å². The summed E-state index contributed by atoms with van der Waals surface area (Å²) in [6, 6.07) is 10.0. The summed E-state index contributed by atoms with van der Waals surface area (Å²) in [6.45, 7) is 9.55. The maximum Gasteiger partial charge on any atom is 0.242 e. The zero-order chi connectivity index (χ0) is 20.5. The maximum atomic E-state index is 12.1. The Morgan fingerprint density at radius 1 is 1.21 bits per heavy atom. The molecule has 1 aromatic heterocycles. The van der Waals surface area contributed by atoms with Gasteiger partial charge in [0.1, 0.15) is 6.54 Å². The van der Waals surface area contributed by atoms with E-state index in [1.54, 1.807) is 0 Å². The zero-order valence-electron chi connectivity index (χ0n) is 17.5. The molecule has 2 rings (SSSR count). The highest BCUT2D eigenvalue weighted by atomic mass is 16.1. The van der Waals surface area contributed by atoms with Gasteiger partial charge in [0, 0.05) is 31.9 Å². The molecule has 28 heavy (non-hydrogen) atoms. The normalized spacial score (nSPS) is 12.5. The topological polar surface area (TPSA) is 83.3 Å². The van der Waals surface area contributed by atoms with E-state index >= 15 is 0 Å². The van der Waals surface area contributed by atoms with Gasteiger partial charge in [-0.2, -0.15) is 5.10 Å². The molecule has 1 unspecified atom stereocenters. The van der Waals surface area contributed by atoms with Gasteiger partial charge < -0.3 is 16.0 Å². The summed E-state index contributed by atoms with van der Waals surface area (Å²) in [6.07, 6.45) is 0.843. The number of rotatable bonds is 8. The molecule has 152 valence electrons. The number of carbonyl (C=O) groups is 1. The molecule has 1 atom stereocenters. The SMILES string of the molecule is CCNC(=NCC(=O)NCc1ccccc1)NC(C)Cc1c(C)nn(C)c1C. The minimum atomic E-state index is -0.104. The molecule has 0 bridgehead atoms. The number of hydrogen-bond acceptors (Lipinski definition) is 3. The van der Waals surface area contributed by atoms with Crippen LogP contribution in [0.15, 0.2) is 35.3 Å². The Bertz CT molecular complexity index is 797. The van der Waals surface area contributed by atoms with Crippen LogP contribution in [0.1, 0.15) is 36.4 Å². The zero-order valence-corrected chi connectivity index (χ0v) is 17.5. The van der Waals surface area contributed by atoms with Crippen molar-refractivity contribution in [3.05, 3.63) is 52.8 Å². The summed E-state index contributed by atoms with van der Waals surface area (Å²) in [5, 5.41) is 14.0. The number of nitrogens with zero attached hydrogens (tertiary/aromatic N) is 3. The first kappa shape index (κ1) is 21.5. The molecular formula is C21H32N6O. The number of amides is 1. The van der Waals surface area contributed by atoms with Crippen LogP contribution >= 0.6 is 0 Å². The lowest BCUT2D eigenvalue weighted by atomic mass is 10.1. The van der Waals surface area contributed by atoms with Gasteiger partial charge in [-0.25, -0.2) is 4.99 Å². The van der Waals surface area contributed by atoms with Crippen LogP contribution in [0.3, 0.4) is 0 Å². The number of benzene rings is 1. The van der Waals surface area contributed by atoms with E-state index in [0.717, 1.165) is 24.2 Å². The van der Waals surface area contributed by atoms with Gasteiger partial charge in [-0.15, -0.1) is 0 Å². The summed E-state index contributed by atoms with van der Waals surface area (Å²) >= 11 is 0. The van der Waals surface area contributed by atoms with Crippen LogP contribution in [0.5, 0.6) is 0 Å². The third kappa shape index (κ3) is 6.40. The molecule has 7 heteroatoms. The van der Waals surface area contributed by atoms with E-state index in [-0.39, 0.29) is 18.5 Å². The minimum absolute atomic E-state index is 0.0832. The lowest BCUT2D eigenvalue weighted by molar-refractivity contribution is -0.119. The van der Waals surface area contributed by atoms with Crippen molar-refractivity contribution < 1.29 is 4.79 Å². The maximum absolute atomic E-state index is 12.1. The summed E-state index contributed by atoms with van der Waals surface area (Å²) in [4.78, 5) is 16.5. The molecule has 0 saturated heterocycles. The number of aliphatic imine (C=N–C) groups is 1. The number of guanidine groups is 1. The molecule has 0 spiro atoms. The van der Waals surface area contributed by atoms with E-state index in [4.69, 9.17) is 0 Å². The third-order valence-corrected chi connectivity index (χ3v) is 4.61. The highest BCUT2D eigenvalue weighted by Gasteiger charge is 2.14. The Morgan fingerprint density at radius 3 is 2.54 bits per heavy atom. The Hall–Kier alpha value is -2.83. The summed E-state index contributed by atoms with van der Waals surface area (Å²) in [5.74, 6) is 0.539. The van der Waals surface area contributed by atoms with Crippen LogP contribution in [0, 0.1) is 13.8 Å². The predicted molar refractivity (Wildman–Crippen MR) is 113 cm³/mol. The number of hydrogen-bond donors (Lipinski definition) is 3. The van der Waals surface area contributed by atoms with Crippen LogP contribution < -0.4 is 16.0 Å². The van der Waals surface area contributed by atoms with Crippen LogP contribution in [0.25, 0.3) is 0 Å². The van der Waals surface area contributed by atoms with Gasteiger partial charge in [0.25, 0.3) is 0 Å². The molecular weight excluding hydrogens is 352 g/mol. The Kier molecular flexibility index (Phi) is 8.04. The molecule has 1 aromatic carbocycles. The van der Waals surface area contributed by atoms with Crippen LogP contribution in [-0.4, -0.2) is 40.8 Å². The van der Waals surface area contributed by atoms with E-state index in [0.29, 0.717) is 12.5 Å². The first-order valence-electron chi connectivity index (χ1n) is 9.75. The largest absolute Gasteiger partial charge is 0.357 e. The molecule has 2 aromatic rings. The van der Waals surface area contributed by atoms with E-state index in [9.17, 15) is 4.79 Å². The number of aryl methyl sites for hydroxylation is 2. The highest BCUT2D eigenvalue weighted by molar-refractivity contribution is 5.85. The van der Waals surface area contributed by atoms with E-state index < -0.39 is 0 Å². The quantitative estimate of drug-likeness (QED) is 0.479. The predicted octanol–water partition coefficient (Wildman–Crippen LogP) is 1.84. The summed E-state index contributed by atoms with van der Waals surface area (Å²) < 4.78 is 1.91. The monoisotopic (exact) mass is 384 g/mol. The van der Waals surface area contributed by atoms with Crippen molar-refractivity contribution in [3.63, 3.8) is 0 Å². The molecule has 1 heterocycles. The third-order valence-electron chi connectivity index (χ3n) is 4.61. The average molecular weight is 385 g/mol. The molecule has 0 aliphatic rings. The lowest BCUT2D eigenvalue weighted by Gasteiger charge is -2.18. The Morgan fingerprint density at radius 2 is 1.93 bits per heavy atom. The fourth-order valence-corrected chi connectivity index (χ4v) is 3.03. The number of nitrogens with one attached hydrogen (secondary N) is 3. The van der Waals surface area contributed by atoms with Crippen molar-refractivity contribution in [2.45, 2.75) is 46.7 Å². The van der Waals surface area contributed by atoms with Gasteiger partial charge in [0.05, 0.1) is 5.69 Å². The van der Waals surface area contributed by atoms with Crippen molar-refractivity contribution in [2.75, 3.05) is 13.1 Å². The molecule has 1 amide bonds. The molecule has 7 nitrogen and oxygen atoms in total. The molecule has 0 aliphatic heterocycles. The van der Waals surface area contributed by atoms with Crippen LogP contribution in [-0.2, 0) is 24.8 Å². The number of aromatic nitrogens is 2. The second kappa shape index (κ2) is 10.5. The summed E-state index contributed by atoms with van der Waals surface area (Å²) in [7, 11) is 1.96. The van der Waals surface area contributed by atoms with Gasteiger partial charge in [-0.3, -0.25) is 9.48 Å². The van der Waals surface area contributed by atoms with Gasteiger partial charge in [-0.05, 0) is 45.2 Å². The second-order valence-corrected chi connectivity index (χ2v) is 6.98. The molecule has 3 N–H and O–H groups in total. The first-order valence-corrected chi connectivity index (χ1v) is 9.75. The summed E-state index contributed by atoms with van der Waals surface area (Å²) in [5.41, 5.74) is 4.55. The van der Waals surface area contributed by atoms with Gasteiger partial charge in [0.2, 0.25) is 5.91 Å². The van der Waals surface area contributed by atoms with Crippen molar-refractivity contribution in [1.29, 1.82) is 0 Å². The van der Waals surface area contributed by atoms with E-state index in [1.165, 1.54) is 11.3 Å². The molecule has 0 aliphatic carbocycles. The van der Waals surface area contributed by atoms with Crippen molar-refractivity contribution >= 4 is 11.9 Å². The fourth-order valence-electron chi connectivity index (χ4n) is 3.03. The van der Waals surface area contributed by atoms with Crippen molar-refractivity contribution in [1.82, 2.24) is 25.7 Å².